The molecule has 110 valence electrons. The summed E-state index contributed by atoms with van der Waals surface area (Å²) in [4.78, 5) is 4.45. The number of halogens is 1. The minimum absolute atomic E-state index is 0.544. The van der Waals surface area contributed by atoms with Gasteiger partial charge in [-0.1, -0.05) is 34.1 Å². The van der Waals surface area contributed by atoms with Crippen molar-refractivity contribution < 1.29 is 4.74 Å². The van der Waals surface area contributed by atoms with Gasteiger partial charge in [-0.15, -0.1) is 0 Å². The van der Waals surface area contributed by atoms with Crippen LogP contribution in [0.1, 0.15) is 29.7 Å². The maximum absolute atomic E-state index is 5.71. The van der Waals surface area contributed by atoms with Crippen molar-refractivity contribution in [3.63, 3.8) is 0 Å². The Labute approximate surface area is 133 Å². The van der Waals surface area contributed by atoms with Crippen molar-refractivity contribution in [3.05, 3.63) is 63.9 Å². The third-order valence-corrected chi connectivity index (χ3v) is 3.96. The van der Waals surface area contributed by atoms with E-state index in [0.29, 0.717) is 13.2 Å². The number of nitrogens with one attached hydrogen (secondary N) is 1. The molecule has 1 aromatic carbocycles. The molecule has 3 nitrogen and oxygen atoms in total. The highest BCUT2D eigenvalue weighted by Crippen LogP contribution is 2.19. The Morgan fingerprint density at radius 1 is 1.14 bits per heavy atom. The number of rotatable bonds is 7. The second-order valence-corrected chi connectivity index (χ2v) is 6.35. The van der Waals surface area contributed by atoms with Crippen molar-refractivity contribution in [3.8, 4) is 0 Å². The average Bonchev–Trinajstić information content (AvgIpc) is 3.31. The molecule has 2 aromatic rings. The van der Waals surface area contributed by atoms with Crippen LogP contribution in [-0.4, -0.2) is 11.0 Å². The molecule has 3 rings (SSSR count). The van der Waals surface area contributed by atoms with Crippen LogP contribution in [0.15, 0.2) is 47.1 Å². The molecule has 1 aliphatic carbocycles. The molecule has 0 radical (unpaired) electrons. The topological polar surface area (TPSA) is 34.1 Å². The quantitative estimate of drug-likeness (QED) is 0.827. The fourth-order valence-corrected chi connectivity index (χ4v) is 2.54. The summed E-state index contributed by atoms with van der Waals surface area (Å²) in [5, 5.41) is 3.49. The molecule has 0 aliphatic heterocycles. The minimum atomic E-state index is 0.544. The molecule has 0 bridgehead atoms. The number of hydrogen-bond donors (Lipinski definition) is 1. The molecule has 1 saturated carbocycles. The molecule has 1 heterocycles. The molecular formula is C17H19BrN2O. The first-order chi connectivity index (χ1) is 10.3. The zero-order valence-corrected chi connectivity index (χ0v) is 13.5. The summed E-state index contributed by atoms with van der Waals surface area (Å²) in [6.45, 7) is 2.06. The Kier molecular flexibility index (Phi) is 5.01. The first-order valence-corrected chi connectivity index (χ1v) is 8.08. The molecule has 1 aromatic heterocycles. The molecule has 1 N–H and O–H groups in total. The Morgan fingerprint density at radius 2 is 2.05 bits per heavy atom. The Balaban J connectivity index is 1.44. The Hall–Kier alpha value is -1.23. The van der Waals surface area contributed by atoms with Crippen LogP contribution < -0.4 is 5.32 Å². The van der Waals surface area contributed by atoms with E-state index in [-0.39, 0.29) is 0 Å². The van der Waals surface area contributed by atoms with Gasteiger partial charge in [0.25, 0.3) is 0 Å². The van der Waals surface area contributed by atoms with Crippen molar-refractivity contribution in [2.75, 3.05) is 0 Å². The number of benzene rings is 1. The van der Waals surface area contributed by atoms with Crippen molar-refractivity contribution in [2.45, 2.75) is 38.6 Å². The van der Waals surface area contributed by atoms with E-state index in [1.54, 1.807) is 0 Å². The molecule has 1 fully saturated rings. The Bertz CT molecular complexity index is 582. The van der Waals surface area contributed by atoms with E-state index in [4.69, 9.17) is 4.74 Å². The predicted octanol–water partition coefficient (Wildman–Crippen LogP) is 3.81. The molecule has 0 atom stereocenters. The normalized spacial score (nSPS) is 14.3. The lowest BCUT2D eigenvalue weighted by Crippen LogP contribution is -2.15. The second-order valence-electron chi connectivity index (χ2n) is 5.44. The summed E-state index contributed by atoms with van der Waals surface area (Å²) in [5.41, 5.74) is 3.37. The molecule has 0 amide bonds. The van der Waals surface area contributed by atoms with Gasteiger partial charge < -0.3 is 10.1 Å². The molecule has 0 spiro atoms. The van der Waals surface area contributed by atoms with E-state index in [2.05, 4.69) is 44.4 Å². The lowest BCUT2D eigenvalue weighted by molar-refractivity contribution is 0.104. The fraction of sp³-hybridized carbons (Fsp3) is 0.353. The highest BCUT2D eigenvalue weighted by atomic mass is 79.9. The monoisotopic (exact) mass is 346 g/mol. The summed E-state index contributed by atoms with van der Waals surface area (Å²) in [5.74, 6) is 0. The molecule has 0 unspecified atom stereocenters. The van der Waals surface area contributed by atoms with Gasteiger partial charge in [0.1, 0.15) is 0 Å². The Morgan fingerprint density at radius 3 is 2.76 bits per heavy atom. The summed E-state index contributed by atoms with van der Waals surface area (Å²) >= 11 is 3.46. The second kappa shape index (κ2) is 7.16. The number of ether oxygens (including phenoxy) is 1. The first-order valence-electron chi connectivity index (χ1n) is 7.29. The van der Waals surface area contributed by atoms with Gasteiger partial charge in [-0.2, -0.15) is 0 Å². The van der Waals surface area contributed by atoms with Crippen molar-refractivity contribution in [1.82, 2.24) is 10.3 Å². The van der Waals surface area contributed by atoms with Gasteiger partial charge in [-0.05, 0) is 42.2 Å². The van der Waals surface area contributed by atoms with E-state index in [1.807, 2.05) is 24.4 Å². The predicted molar refractivity (Wildman–Crippen MR) is 86.7 cm³/mol. The number of nitrogens with zero attached hydrogens (tertiary/aromatic N) is 1. The van der Waals surface area contributed by atoms with Gasteiger partial charge in [-0.3, -0.25) is 4.98 Å². The van der Waals surface area contributed by atoms with Crippen molar-refractivity contribution in [2.24, 2.45) is 0 Å². The van der Waals surface area contributed by atoms with E-state index in [1.165, 1.54) is 18.4 Å². The van der Waals surface area contributed by atoms with Crippen LogP contribution in [0.2, 0.25) is 0 Å². The highest BCUT2D eigenvalue weighted by Gasteiger charge is 2.19. The van der Waals surface area contributed by atoms with E-state index in [9.17, 15) is 0 Å². The molecule has 1 aliphatic rings. The van der Waals surface area contributed by atoms with Gasteiger partial charge in [0.15, 0.2) is 0 Å². The summed E-state index contributed by atoms with van der Waals surface area (Å²) < 4.78 is 6.79. The molecule has 0 saturated heterocycles. The smallest absolute Gasteiger partial charge is 0.0892 e. The summed E-state index contributed by atoms with van der Waals surface area (Å²) in [7, 11) is 0. The lowest BCUT2D eigenvalue weighted by Gasteiger charge is -2.06. The van der Waals surface area contributed by atoms with Gasteiger partial charge >= 0.3 is 0 Å². The van der Waals surface area contributed by atoms with Crippen molar-refractivity contribution in [1.29, 1.82) is 0 Å². The first kappa shape index (κ1) is 14.7. The minimum Gasteiger partial charge on any atom is -0.370 e. The SMILES string of the molecule is Brc1cccc(COCc2ccc(CNC3CC3)cn2)c1. The third-order valence-electron chi connectivity index (χ3n) is 3.47. The van der Waals surface area contributed by atoms with Gasteiger partial charge in [0.2, 0.25) is 0 Å². The fourth-order valence-electron chi connectivity index (χ4n) is 2.09. The van der Waals surface area contributed by atoms with Crippen LogP contribution in [0.4, 0.5) is 0 Å². The lowest BCUT2D eigenvalue weighted by atomic mass is 10.2. The molecular weight excluding hydrogens is 328 g/mol. The van der Waals surface area contributed by atoms with E-state index < -0.39 is 0 Å². The molecule has 21 heavy (non-hydrogen) atoms. The maximum Gasteiger partial charge on any atom is 0.0892 e. The highest BCUT2D eigenvalue weighted by molar-refractivity contribution is 9.10. The summed E-state index contributed by atoms with van der Waals surface area (Å²) in [6, 6.07) is 13.1. The zero-order valence-electron chi connectivity index (χ0n) is 11.9. The van der Waals surface area contributed by atoms with Crippen LogP contribution in [-0.2, 0) is 24.5 Å². The molecule has 4 heteroatoms. The zero-order chi connectivity index (χ0) is 14.5. The van der Waals surface area contributed by atoms with Crippen LogP contribution in [0.5, 0.6) is 0 Å². The summed E-state index contributed by atoms with van der Waals surface area (Å²) in [6.07, 6.45) is 4.57. The van der Waals surface area contributed by atoms with E-state index >= 15 is 0 Å². The van der Waals surface area contributed by atoms with Gasteiger partial charge in [-0.25, -0.2) is 0 Å². The van der Waals surface area contributed by atoms with Crippen LogP contribution >= 0.6 is 15.9 Å². The number of pyridine rings is 1. The largest absolute Gasteiger partial charge is 0.370 e. The third kappa shape index (κ3) is 4.92. The van der Waals surface area contributed by atoms with Crippen LogP contribution in [0.25, 0.3) is 0 Å². The van der Waals surface area contributed by atoms with Crippen LogP contribution in [0.3, 0.4) is 0 Å². The standard InChI is InChI=1S/C17H19BrN2O/c18-15-3-1-2-13(8-15)11-21-12-17-5-4-14(10-20-17)9-19-16-6-7-16/h1-5,8,10,16,19H,6-7,9,11-12H2. The average molecular weight is 347 g/mol. The van der Waals surface area contributed by atoms with E-state index in [0.717, 1.165) is 28.3 Å². The van der Waals surface area contributed by atoms with Crippen molar-refractivity contribution >= 4 is 15.9 Å². The van der Waals surface area contributed by atoms with Gasteiger partial charge in [0.05, 0.1) is 18.9 Å². The number of aromatic nitrogens is 1. The van der Waals surface area contributed by atoms with Crippen LogP contribution in [0, 0.1) is 0 Å². The number of hydrogen-bond acceptors (Lipinski definition) is 3. The maximum atomic E-state index is 5.71. The van der Waals surface area contributed by atoms with Gasteiger partial charge in [0, 0.05) is 23.3 Å².